The van der Waals surface area contributed by atoms with Gasteiger partial charge in [0.25, 0.3) is 0 Å². The molecule has 0 bridgehead atoms. The van der Waals surface area contributed by atoms with E-state index >= 15 is 0 Å². The molecule has 0 aliphatic rings. The van der Waals surface area contributed by atoms with E-state index < -0.39 is 0 Å². The van der Waals surface area contributed by atoms with E-state index in [4.69, 9.17) is 4.74 Å². The van der Waals surface area contributed by atoms with E-state index in [9.17, 15) is 0 Å². The number of nitrogens with zero attached hydrogens (tertiary/aromatic N) is 1. The van der Waals surface area contributed by atoms with Gasteiger partial charge in [0.05, 0.1) is 12.8 Å². The van der Waals surface area contributed by atoms with Crippen molar-refractivity contribution in [1.82, 2.24) is 4.98 Å². The molecule has 1 atom stereocenters. The van der Waals surface area contributed by atoms with Gasteiger partial charge in [-0.1, -0.05) is 29.8 Å². The molecule has 1 heterocycles. The first-order valence-corrected chi connectivity index (χ1v) is 6.51. The minimum atomic E-state index is 0.633. The summed E-state index contributed by atoms with van der Waals surface area (Å²) in [4.78, 5) is 4.18. The summed E-state index contributed by atoms with van der Waals surface area (Å²) in [5.41, 5.74) is 1.25. The van der Waals surface area contributed by atoms with Gasteiger partial charge in [0.1, 0.15) is 5.75 Å². The monoisotopic (exact) mass is 271 g/mol. The lowest BCUT2D eigenvalue weighted by Crippen LogP contribution is -2.02. The number of hydrogen-bond acceptors (Lipinski definition) is 2. The number of rotatable bonds is 6. The molecular formula is C12H18BrNO. The van der Waals surface area contributed by atoms with E-state index in [1.54, 1.807) is 6.20 Å². The Bertz CT molecular complexity index is 291. The first-order valence-electron chi connectivity index (χ1n) is 5.39. The second kappa shape index (κ2) is 6.83. The molecule has 0 aliphatic heterocycles. The van der Waals surface area contributed by atoms with Crippen molar-refractivity contribution in [2.24, 2.45) is 5.92 Å². The summed E-state index contributed by atoms with van der Waals surface area (Å²) >= 11 is 3.48. The van der Waals surface area contributed by atoms with Gasteiger partial charge in [-0.25, -0.2) is 0 Å². The fraction of sp³-hybridized carbons (Fsp3) is 0.583. The maximum Gasteiger partial charge on any atom is 0.137 e. The van der Waals surface area contributed by atoms with E-state index in [-0.39, 0.29) is 0 Å². The lowest BCUT2D eigenvalue weighted by atomic mass is 10.1. The molecule has 0 radical (unpaired) electrons. The van der Waals surface area contributed by atoms with Crippen molar-refractivity contribution >= 4 is 15.9 Å². The number of hydrogen-bond donors (Lipinski definition) is 0. The Balaban J connectivity index is 2.57. The maximum absolute atomic E-state index is 5.54. The summed E-state index contributed by atoms with van der Waals surface area (Å²) in [6.07, 6.45) is 5.76. The normalized spacial score (nSPS) is 12.5. The molecule has 0 N–H and O–H groups in total. The highest BCUT2D eigenvalue weighted by molar-refractivity contribution is 9.09. The highest BCUT2D eigenvalue weighted by Crippen LogP contribution is 2.15. The Morgan fingerprint density at radius 3 is 2.93 bits per heavy atom. The molecule has 0 aromatic carbocycles. The van der Waals surface area contributed by atoms with Crippen LogP contribution in [0.2, 0.25) is 0 Å². The Hall–Kier alpha value is -0.570. The predicted molar refractivity (Wildman–Crippen MR) is 66.7 cm³/mol. The Morgan fingerprint density at radius 2 is 2.27 bits per heavy atom. The fourth-order valence-corrected chi connectivity index (χ4v) is 1.56. The zero-order chi connectivity index (χ0) is 11.1. The standard InChI is InChI=1S/C12H18BrNO/c1-3-4-15-12-6-11(8-14-9-12)5-10(2)7-13/h6,8-10H,3-5,7H2,1-2H3. The zero-order valence-electron chi connectivity index (χ0n) is 9.37. The highest BCUT2D eigenvalue weighted by atomic mass is 79.9. The van der Waals surface area contributed by atoms with Crippen LogP contribution >= 0.6 is 15.9 Å². The average molecular weight is 272 g/mol. The van der Waals surface area contributed by atoms with Gasteiger partial charge in [0.15, 0.2) is 0 Å². The fourth-order valence-electron chi connectivity index (χ4n) is 1.33. The van der Waals surface area contributed by atoms with Crippen LogP contribution < -0.4 is 4.74 Å². The molecule has 0 aliphatic carbocycles. The van der Waals surface area contributed by atoms with Gasteiger partial charge in [-0.3, -0.25) is 4.98 Å². The molecule has 1 rings (SSSR count). The molecule has 3 heteroatoms. The molecule has 0 fully saturated rings. The molecule has 0 saturated heterocycles. The van der Waals surface area contributed by atoms with E-state index in [1.165, 1.54) is 5.56 Å². The van der Waals surface area contributed by atoms with Crippen molar-refractivity contribution in [1.29, 1.82) is 0 Å². The quantitative estimate of drug-likeness (QED) is 0.740. The number of ether oxygens (including phenoxy) is 1. The summed E-state index contributed by atoms with van der Waals surface area (Å²) in [7, 11) is 0. The van der Waals surface area contributed by atoms with Crippen LogP contribution in [0.25, 0.3) is 0 Å². The van der Waals surface area contributed by atoms with Crippen molar-refractivity contribution in [2.75, 3.05) is 11.9 Å². The van der Waals surface area contributed by atoms with E-state index in [0.29, 0.717) is 5.92 Å². The van der Waals surface area contributed by atoms with Gasteiger partial charge in [-0.05, 0) is 30.4 Å². The van der Waals surface area contributed by atoms with Gasteiger partial charge in [0.2, 0.25) is 0 Å². The van der Waals surface area contributed by atoms with Crippen molar-refractivity contribution in [3.63, 3.8) is 0 Å². The van der Waals surface area contributed by atoms with Crippen molar-refractivity contribution in [3.05, 3.63) is 24.0 Å². The smallest absolute Gasteiger partial charge is 0.137 e. The van der Waals surface area contributed by atoms with Crippen LogP contribution in [0.1, 0.15) is 25.8 Å². The van der Waals surface area contributed by atoms with Gasteiger partial charge in [0, 0.05) is 11.5 Å². The summed E-state index contributed by atoms with van der Waals surface area (Å²) in [5.74, 6) is 1.52. The van der Waals surface area contributed by atoms with Crippen LogP contribution in [0.15, 0.2) is 18.5 Å². The number of halogens is 1. The summed E-state index contributed by atoms with van der Waals surface area (Å²) in [6, 6.07) is 2.09. The summed E-state index contributed by atoms with van der Waals surface area (Å²) in [6.45, 7) is 5.08. The lowest BCUT2D eigenvalue weighted by Gasteiger charge is -2.09. The van der Waals surface area contributed by atoms with Gasteiger partial charge in [-0.2, -0.15) is 0 Å². The van der Waals surface area contributed by atoms with Gasteiger partial charge >= 0.3 is 0 Å². The number of alkyl halides is 1. The number of pyridine rings is 1. The van der Waals surface area contributed by atoms with Gasteiger partial charge in [-0.15, -0.1) is 0 Å². The Labute approximate surface area is 100 Å². The third-order valence-corrected chi connectivity index (χ3v) is 3.20. The number of aromatic nitrogens is 1. The zero-order valence-corrected chi connectivity index (χ0v) is 11.0. The summed E-state index contributed by atoms with van der Waals surface area (Å²) < 4.78 is 5.54. The molecule has 1 aromatic rings. The highest BCUT2D eigenvalue weighted by Gasteiger charge is 2.03. The van der Waals surface area contributed by atoms with Crippen molar-refractivity contribution in [2.45, 2.75) is 26.7 Å². The van der Waals surface area contributed by atoms with Crippen LogP contribution in [0, 0.1) is 5.92 Å². The van der Waals surface area contributed by atoms with Crippen molar-refractivity contribution in [3.8, 4) is 5.75 Å². The third kappa shape index (κ3) is 4.65. The average Bonchev–Trinajstić information content (AvgIpc) is 2.26. The van der Waals surface area contributed by atoms with Crippen molar-refractivity contribution < 1.29 is 4.74 Å². The topological polar surface area (TPSA) is 22.1 Å². The van der Waals surface area contributed by atoms with Crippen LogP contribution in [0.5, 0.6) is 5.75 Å². The van der Waals surface area contributed by atoms with Gasteiger partial charge < -0.3 is 4.74 Å². The van der Waals surface area contributed by atoms with Crippen LogP contribution in [-0.2, 0) is 6.42 Å². The van der Waals surface area contributed by atoms with Crippen LogP contribution in [0.4, 0.5) is 0 Å². The minimum Gasteiger partial charge on any atom is -0.492 e. The molecule has 1 unspecified atom stereocenters. The lowest BCUT2D eigenvalue weighted by molar-refractivity contribution is 0.315. The summed E-state index contributed by atoms with van der Waals surface area (Å²) in [5, 5.41) is 1.02. The molecular weight excluding hydrogens is 254 g/mol. The van der Waals surface area contributed by atoms with Crippen LogP contribution in [-0.4, -0.2) is 16.9 Å². The second-order valence-corrected chi connectivity index (χ2v) is 4.49. The Kier molecular flexibility index (Phi) is 5.69. The van der Waals surface area contributed by atoms with Crippen LogP contribution in [0.3, 0.4) is 0 Å². The predicted octanol–water partition coefficient (Wildman–Crippen LogP) is 3.44. The molecule has 1 aromatic heterocycles. The molecule has 0 saturated carbocycles. The molecule has 15 heavy (non-hydrogen) atoms. The molecule has 0 spiro atoms. The molecule has 84 valence electrons. The second-order valence-electron chi connectivity index (χ2n) is 3.84. The maximum atomic E-state index is 5.54. The Morgan fingerprint density at radius 1 is 1.47 bits per heavy atom. The van der Waals surface area contributed by atoms with E-state index in [0.717, 1.165) is 30.5 Å². The van der Waals surface area contributed by atoms with E-state index in [1.807, 2.05) is 6.20 Å². The first kappa shape index (κ1) is 12.5. The van der Waals surface area contributed by atoms with E-state index in [2.05, 4.69) is 40.8 Å². The SMILES string of the molecule is CCCOc1cncc(CC(C)CBr)c1. The first-order chi connectivity index (χ1) is 7.26. The minimum absolute atomic E-state index is 0.633. The molecule has 2 nitrogen and oxygen atoms in total. The largest absolute Gasteiger partial charge is 0.492 e. The third-order valence-electron chi connectivity index (χ3n) is 2.09. The molecule has 0 amide bonds.